The van der Waals surface area contributed by atoms with Crippen LogP contribution in [-0.4, -0.2) is 53.2 Å². The third-order valence-corrected chi connectivity index (χ3v) is 4.44. The van der Waals surface area contributed by atoms with Crippen molar-refractivity contribution in [2.45, 2.75) is 16.3 Å². The number of hydrogen-bond acceptors (Lipinski definition) is 6. The van der Waals surface area contributed by atoms with Gasteiger partial charge in [-0.15, -0.1) is 0 Å². The molecule has 0 aliphatic carbocycles. The molecule has 0 N–H and O–H groups in total. The molecule has 0 radical (unpaired) electrons. The van der Waals surface area contributed by atoms with E-state index in [0.717, 1.165) is 0 Å². The summed E-state index contributed by atoms with van der Waals surface area (Å²) in [5, 5.41) is 0. The average molecular weight is 409 g/mol. The molecule has 136 valence electrons. The van der Waals surface area contributed by atoms with E-state index in [2.05, 4.69) is 4.74 Å². The van der Waals surface area contributed by atoms with Crippen molar-refractivity contribution in [3.8, 4) is 0 Å². The number of Topliss-reactive ketones (excluding diaryl/α,β-unsaturated/α-hetero) is 1. The molecular formula is C16H16Cl3NO5. The zero-order chi connectivity index (χ0) is 18.8. The maximum atomic E-state index is 12.6. The molecule has 0 aromatic carbocycles. The van der Waals surface area contributed by atoms with Crippen molar-refractivity contribution in [1.29, 1.82) is 0 Å². The predicted octanol–water partition coefficient (Wildman–Crippen LogP) is 2.34. The fourth-order valence-corrected chi connectivity index (χ4v) is 3.15. The van der Waals surface area contributed by atoms with E-state index in [1.54, 1.807) is 18.1 Å². The number of alkyl halides is 3. The van der Waals surface area contributed by atoms with Gasteiger partial charge in [-0.2, -0.15) is 0 Å². The number of likely N-dealkylation sites (N-methyl/N-ethyl adjacent to an activating group) is 1. The Kier molecular flexibility index (Phi) is 6.19. The van der Waals surface area contributed by atoms with Crippen LogP contribution in [-0.2, 0) is 23.9 Å². The second-order valence-electron chi connectivity index (χ2n) is 5.59. The molecule has 2 atom stereocenters. The molecule has 0 amide bonds. The minimum absolute atomic E-state index is 0.165. The highest BCUT2D eigenvalue weighted by Gasteiger charge is 2.45. The summed E-state index contributed by atoms with van der Waals surface area (Å²) in [5.74, 6) is -2.23. The molecule has 25 heavy (non-hydrogen) atoms. The first-order valence-corrected chi connectivity index (χ1v) is 8.48. The Balaban J connectivity index is 2.42. The number of hydrogen-bond donors (Lipinski definition) is 0. The molecule has 2 heterocycles. The number of carbonyl (C=O) groups is 3. The highest BCUT2D eigenvalue weighted by atomic mass is 35.6. The van der Waals surface area contributed by atoms with Gasteiger partial charge in [0.2, 0.25) is 5.78 Å². The van der Waals surface area contributed by atoms with Crippen LogP contribution in [0.3, 0.4) is 0 Å². The van der Waals surface area contributed by atoms with Crippen LogP contribution >= 0.6 is 34.8 Å². The number of allylic oxidation sites excluding steroid dienone is 3. The molecule has 9 heteroatoms. The molecule has 2 aliphatic heterocycles. The zero-order valence-electron chi connectivity index (χ0n) is 13.5. The molecule has 0 saturated carbocycles. The van der Waals surface area contributed by atoms with Gasteiger partial charge in [0.25, 0.3) is 3.79 Å². The van der Waals surface area contributed by atoms with Crippen LogP contribution in [0, 0.1) is 5.92 Å². The number of nitrogens with zero attached hydrogens (tertiary/aromatic N) is 1. The molecule has 0 aromatic rings. The van der Waals surface area contributed by atoms with Crippen molar-refractivity contribution in [1.82, 2.24) is 4.90 Å². The van der Waals surface area contributed by atoms with Crippen LogP contribution < -0.4 is 0 Å². The molecule has 0 aromatic heterocycles. The fourth-order valence-electron chi connectivity index (χ4n) is 2.82. The Morgan fingerprint density at radius 2 is 2.08 bits per heavy atom. The largest absolute Gasteiger partial charge is 0.466 e. The van der Waals surface area contributed by atoms with E-state index in [1.807, 2.05) is 0 Å². The van der Waals surface area contributed by atoms with Gasteiger partial charge in [0.15, 0.2) is 0 Å². The lowest BCUT2D eigenvalue weighted by atomic mass is 9.85. The van der Waals surface area contributed by atoms with Crippen LogP contribution in [0.2, 0.25) is 0 Å². The topological polar surface area (TPSA) is 72.9 Å². The van der Waals surface area contributed by atoms with Gasteiger partial charge < -0.3 is 14.4 Å². The lowest BCUT2D eigenvalue weighted by Gasteiger charge is -2.35. The number of ether oxygens (including phenoxy) is 2. The summed E-state index contributed by atoms with van der Waals surface area (Å²) in [5.41, 5.74) is 0.687. The second kappa shape index (κ2) is 7.81. The lowest BCUT2D eigenvalue weighted by Crippen LogP contribution is -2.44. The van der Waals surface area contributed by atoms with E-state index in [0.29, 0.717) is 12.0 Å². The number of methoxy groups -OCH3 is 1. The van der Waals surface area contributed by atoms with Crippen LogP contribution in [0.5, 0.6) is 0 Å². The number of ketones is 1. The van der Waals surface area contributed by atoms with Gasteiger partial charge in [0.1, 0.15) is 0 Å². The maximum absolute atomic E-state index is 12.6. The maximum Gasteiger partial charge on any atom is 0.330 e. The summed E-state index contributed by atoms with van der Waals surface area (Å²) in [7, 11) is 2.95. The van der Waals surface area contributed by atoms with Gasteiger partial charge >= 0.3 is 11.9 Å². The summed E-state index contributed by atoms with van der Waals surface area (Å²) in [6.45, 7) is 0.280. The molecule has 0 spiro atoms. The van der Waals surface area contributed by atoms with E-state index >= 15 is 0 Å². The van der Waals surface area contributed by atoms with Gasteiger partial charge in [0.05, 0.1) is 25.7 Å². The van der Waals surface area contributed by atoms with Gasteiger partial charge in [-0.05, 0) is 24.1 Å². The van der Waals surface area contributed by atoms with Gasteiger partial charge in [0, 0.05) is 24.9 Å². The first kappa shape index (κ1) is 19.8. The average Bonchev–Trinajstić information content (AvgIpc) is 2.96. The van der Waals surface area contributed by atoms with Crippen LogP contribution in [0.1, 0.15) is 6.42 Å². The van der Waals surface area contributed by atoms with Crippen molar-refractivity contribution in [2.24, 2.45) is 5.92 Å². The SMILES string of the molecule is COC(=O)/C=C\C1=CN(C)C(C2CCOC2=O)C(C(=O)C(Cl)(Cl)Cl)=C1. The van der Waals surface area contributed by atoms with E-state index in [4.69, 9.17) is 39.5 Å². The van der Waals surface area contributed by atoms with Crippen molar-refractivity contribution in [2.75, 3.05) is 20.8 Å². The van der Waals surface area contributed by atoms with Crippen molar-refractivity contribution >= 4 is 52.5 Å². The summed E-state index contributed by atoms with van der Waals surface area (Å²) in [6, 6.07) is -0.617. The molecule has 6 nitrogen and oxygen atoms in total. The number of cyclic esters (lactones) is 1. The van der Waals surface area contributed by atoms with Gasteiger partial charge in [-0.1, -0.05) is 34.8 Å². The van der Waals surface area contributed by atoms with Crippen molar-refractivity contribution < 1.29 is 23.9 Å². The fraction of sp³-hybridized carbons (Fsp3) is 0.438. The number of esters is 2. The Hall–Kier alpha value is -1.50. The van der Waals surface area contributed by atoms with E-state index in [9.17, 15) is 14.4 Å². The summed E-state index contributed by atoms with van der Waals surface area (Å²) >= 11 is 17.3. The smallest absolute Gasteiger partial charge is 0.330 e. The minimum atomic E-state index is -2.16. The molecule has 0 bridgehead atoms. The molecule has 2 unspecified atom stereocenters. The second-order valence-corrected chi connectivity index (χ2v) is 7.87. The highest BCUT2D eigenvalue weighted by Crippen LogP contribution is 2.38. The summed E-state index contributed by atoms with van der Waals surface area (Å²) < 4.78 is 7.37. The number of carbonyl (C=O) groups excluding carboxylic acids is 3. The van der Waals surface area contributed by atoms with Crippen LogP contribution in [0.25, 0.3) is 0 Å². The van der Waals surface area contributed by atoms with E-state index < -0.39 is 33.5 Å². The molecule has 1 fully saturated rings. The van der Waals surface area contributed by atoms with Crippen LogP contribution in [0.4, 0.5) is 0 Å². The van der Waals surface area contributed by atoms with E-state index in [-0.39, 0.29) is 12.2 Å². The normalized spacial score (nSPS) is 24.0. The standard InChI is InChI=1S/C16H16Cl3NO5/c1-20-8-9(3-4-12(21)24-2)7-11(14(22)16(17,18)19)13(20)10-5-6-25-15(10)23/h3-4,7-8,10,13H,5-6H2,1-2H3/b4-3-. The molecule has 2 aliphatic rings. The number of halogens is 3. The first-order chi connectivity index (χ1) is 11.6. The summed E-state index contributed by atoms with van der Waals surface area (Å²) in [4.78, 5) is 37.5. The number of rotatable bonds is 4. The van der Waals surface area contributed by atoms with Gasteiger partial charge in [-0.25, -0.2) is 4.79 Å². The Morgan fingerprint density at radius 1 is 1.40 bits per heavy atom. The third-order valence-electron chi connectivity index (χ3n) is 3.92. The monoisotopic (exact) mass is 407 g/mol. The van der Waals surface area contributed by atoms with Gasteiger partial charge in [-0.3, -0.25) is 9.59 Å². The van der Waals surface area contributed by atoms with Crippen molar-refractivity contribution in [3.05, 3.63) is 35.6 Å². The summed E-state index contributed by atoms with van der Waals surface area (Å²) in [6.07, 6.45) is 6.32. The predicted molar refractivity (Wildman–Crippen MR) is 93.2 cm³/mol. The first-order valence-electron chi connectivity index (χ1n) is 7.34. The minimum Gasteiger partial charge on any atom is -0.466 e. The molecular weight excluding hydrogens is 393 g/mol. The lowest BCUT2D eigenvalue weighted by molar-refractivity contribution is -0.142. The molecule has 1 saturated heterocycles. The van der Waals surface area contributed by atoms with Crippen LogP contribution in [0.15, 0.2) is 35.6 Å². The Morgan fingerprint density at radius 3 is 2.60 bits per heavy atom. The zero-order valence-corrected chi connectivity index (χ0v) is 15.8. The quantitative estimate of drug-likeness (QED) is 0.404. The highest BCUT2D eigenvalue weighted by molar-refractivity contribution is 6.77. The van der Waals surface area contributed by atoms with Crippen molar-refractivity contribution in [3.63, 3.8) is 0 Å². The third kappa shape index (κ3) is 4.57. The Labute approximate surface area is 160 Å². The Bertz CT molecular complexity index is 678. The molecule has 2 rings (SSSR count). The van der Waals surface area contributed by atoms with E-state index in [1.165, 1.54) is 25.3 Å².